The molecule has 0 bridgehead atoms. The Bertz CT molecular complexity index is 1010. The third-order valence-corrected chi connectivity index (χ3v) is 6.85. The molecule has 0 fully saturated rings. The second kappa shape index (κ2) is 7.89. The van der Waals surface area contributed by atoms with Crippen LogP contribution in [0, 0.1) is 0 Å². The number of amides is 2. The van der Waals surface area contributed by atoms with Crippen LogP contribution >= 0.6 is 22.7 Å². The third-order valence-electron chi connectivity index (χ3n) is 4.66. The number of anilines is 1. The smallest absolute Gasteiger partial charge is 0.410 e. The minimum Gasteiger partial charge on any atom is -0.450 e. The number of hydrogen-bond donors (Lipinski definition) is 1. The van der Waals surface area contributed by atoms with Crippen molar-refractivity contribution in [3.8, 4) is 10.6 Å². The molecule has 8 heteroatoms. The van der Waals surface area contributed by atoms with Crippen LogP contribution in [0.5, 0.6) is 0 Å². The normalized spacial score (nSPS) is 13.4. The lowest BCUT2D eigenvalue weighted by Gasteiger charge is -2.26. The number of thiophene rings is 1. The van der Waals surface area contributed by atoms with Crippen LogP contribution in [-0.4, -0.2) is 35.0 Å². The van der Waals surface area contributed by atoms with E-state index in [1.807, 2.05) is 32.0 Å². The molecule has 0 aliphatic carbocycles. The summed E-state index contributed by atoms with van der Waals surface area (Å²) in [4.78, 5) is 31.9. The molecule has 28 heavy (non-hydrogen) atoms. The maximum Gasteiger partial charge on any atom is 0.410 e. The molecular weight excluding hydrogens is 394 g/mol. The zero-order valence-electron chi connectivity index (χ0n) is 15.8. The summed E-state index contributed by atoms with van der Waals surface area (Å²) in [5.74, 6) is -0.0248. The topological polar surface area (TPSA) is 71.5 Å². The van der Waals surface area contributed by atoms with Crippen molar-refractivity contribution in [1.29, 1.82) is 0 Å². The number of ether oxygens (including phenoxy) is 1. The number of para-hydroxylation sites is 1. The molecule has 146 valence electrons. The fraction of sp³-hybridized carbons (Fsp3) is 0.350. The summed E-state index contributed by atoms with van der Waals surface area (Å²) in [5.41, 5.74) is 3.14. The number of fused-ring (bicyclic) bond motifs is 2. The van der Waals surface area contributed by atoms with Crippen molar-refractivity contribution in [2.75, 3.05) is 18.5 Å². The summed E-state index contributed by atoms with van der Waals surface area (Å²) in [7, 11) is 0. The molecule has 1 aliphatic rings. The van der Waals surface area contributed by atoms with Gasteiger partial charge in [0.2, 0.25) is 5.91 Å². The standard InChI is InChI=1S/C20H21N3O3S2/c1-3-16(24)22-19-17(18-21-13-7-5-6-8-14(13)27-18)12-9-10-23(11-15(12)28-19)20(25)26-4-2/h5-8H,3-4,9-11H2,1-2H3,(H,22,24). The van der Waals surface area contributed by atoms with Gasteiger partial charge in [-0.2, -0.15) is 0 Å². The first-order chi connectivity index (χ1) is 13.6. The van der Waals surface area contributed by atoms with Gasteiger partial charge in [0, 0.05) is 23.4 Å². The van der Waals surface area contributed by atoms with E-state index in [1.54, 1.807) is 16.2 Å². The predicted molar refractivity (Wildman–Crippen MR) is 113 cm³/mol. The van der Waals surface area contributed by atoms with E-state index in [0.29, 0.717) is 26.1 Å². The summed E-state index contributed by atoms with van der Waals surface area (Å²) in [6, 6.07) is 8.04. The minimum absolute atomic E-state index is 0.0248. The lowest BCUT2D eigenvalue weighted by molar-refractivity contribution is -0.115. The lowest BCUT2D eigenvalue weighted by atomic mass is 10.0. The summed E-state index contributed by atoms with van der Waals surface area (Å²) in [5, 5.41) is 4.77. The highest BCUT2D eigenvalue weighted by Crippen LogP contribution is 2.45. The van der Waals surface area contributed by atoms with Crippen LogP contribution in [0.3, 0.4) is 0 Å². The maximum atomic E-state index is 12.1. The molecule has 2 amide bonds. The highest BCUT2D eigenvalue weighted by Gasteiger charge is 2.29. The second-order valence-corrected chi connectivity index (χ2v) is 8.60. The zero-order valence-corrected chi connectivity index (χ0v) is 17.4. The van der Waals surface area contributed by atoms with Crippen LogP contribution in [0.25, 0.3) is 20.8 Å². The fourth-order valence-corrected chi connectivity index (χ4v) is 5.67. The van der Waals surface area contributed by atoms with Crippen LogP contribution in [0.15, 0.2) is 24.3 Å². The van der Waals surface area contributed by atoms with Crippen LogP contribution in [0.2, 0.25) is 0 Å². The summed E-state index contributed by atoms with van der Waals surface area (Å²) >= 11 is 3.17. The minimum atomic E-state index is -0.290. The van der Waals surface area contributed by atoms with Crippen LogP contribution in [0.4, 0.5) is 9.80 Å². The van der Waals surface area contributed by atoms with E-state index in [4.69, 9.17) is 9.72 Å². The van der Waals surface area contributed by atoms with Gasteiger partial charge in [0.15, 0.2) is 0 Å². The summed E-state index contributed by atoms with van der Waals surface area (Å²) in [6.07, 6.45) is 0.844. The molecule has 1 aromatic carbocycles. The molecule has 4 rings (SSSR count). The molecule has 0 spiro atoms. The van der Waals surface area contributed by atoms with E-state index in [1.165, 1.54) is 16.9 Å². The number of rotatable bonds is 4. The number of aromatic nitrogens is 1. The van der Waals surface area contributed by atoms with Gasteiger partial charge in [-0.15, -0.1) is 22.7 Å². The van der Waals surface area contributed by atoms with Crippen LogP contribution in [0.1, 0.15) is 30.7 Å². The van der Waals surface area contributed by atoms with Crippen LogP contribution < -0.4 is 5.32 Å². The van der Waals surface area contributed by atoms with E-state index in [-0.39, 0.29) is 12.0 Å². The molecule has 0 saturated carbocycles. The van der Waals surface area contributed by atoms with E-state index >= 15 is 0 Å². The number of carbonyl (C=O) groups excluding carboxylic acids is 2. The van der Waals surface area contributed by atoms with Gasteiger partial charge in [0.25, 0.3) is 0 Å². The van der Waals surface area contributed by atoms with Gasteiger partial charge in [0.1, 0.15) is 10.0 Å². The average Bonchev–Trinajstić information content (AvgIpc) is 3.27. The number of thiazole rings is 1. The van der Waals surface area contributed by atoms with Gasteiger partial charge < -0.3 is 15.0 Å². The van der Waals surface area contributed by atoms with E-state index in [0.717, 1.165) is 37.1 Å². The molecule has 3 aromatic rings. The SMILES string of the molecule is CCOC(=O)N1CCc2c(sc(NC(=O)CC)c2-c2nc3ccccc3s2)C1. The molecule has 2 aromatic heterocycles. The number of benzene rings is 1. The number of nitrogens with zero attached hydrogens (tertiary/aromatic N) is 2. The largest absolute Gasteiger partial charge is 0.450 e. The van der Waals surface area contributed by atoms with Crippen molar-refractivity contribution < 1.29 is 14.3 Å². The Labute approximate surface area is 171 Å². The Hall–Kier alpha value is -2.45. The first kappa shape index (κ1) is 18.9. The average molecular weight is 416 g/mol. The molecule has 1 N–H and O–H groups in total. The van der Waals surface area contributed by atoms with E-state index in [9.17, 15) is 9.59 Å². The Kier molecular flexibility index (Phi) is 5.32. The highest BCUT2D eigenvalue weighted by atomic mass is 32.1. The zero-order chi connectivity index (χ0) is 19.7. The Morgan fingerprint density at radius 2 is 2.07 bits per heavy atom. The summed E-state index contributed by atoms with van der Waals surface area (Å²) < 4.78 is 6.27. The third kappa shape index (κ3) is 3.49. The monoisotopic (exact) mass is 415 g/mol. The number of carbonyl (C=O) groups is 2. The highest BCUT2D eigenvalue weighted by molar-refractivity contribution is 7.22. The Morgan fingerprint density at radius 3 is 2.82 bits per heavy atom. The molecule has 0 saturated heterocycles. The first-order valence-electron chi connectivity index (χ1n) is 9.32. The van der Waals surface area contributed by atoms with Crippen molar-refractivity contribution >= 4 is 49.9 Å². The van der Waals surface area contributed by atoms with Gasteiger partial charge >= 0.3 is 6.09 Å². The van der Waals surface area contributed by atoms with Gasteiger partial charge in [-0.3, -0.25) is 4.79 Å². The van der Waals surface area contributed by atoms with Crippen molar-refractivity contribution in [2.24, 2.45) is 0 Å². The maximum absolute atomic E-state index is 12.1. The molecular formula is C20H21N3O3S2. The molecule has 0 unspecified atom stereocenters. The van der Waals surface area contributed by atoms with Gasteiger partial charge in [0.05, 0.1) is 23.4 Å². The van der Waals surface area contributed by atoms with Crippen molar-refractivity contribution in [2.45, 2.75) is 33.2 Å². The molecule has 0 atom stereocenters. The second-order valence-electron chi connectivity index (χ2n) is 6.47. The Morgan fingerprint density at radius 1 is 1.25 bits per heavy atom. The molecule has 1 aliphatic heterocycles. The summed E-state index contributed by atoms with van der Waals surface area (Å²) in [6.45, 7) is 5.10. The Balaban J connectivity index is 1.76. The van der Waals surface area contributed by atoms with Gasteiger partial charge in [-0.1, -0.05) is 19.1 Å². The van der Waals surface area contributed by atoms with Crippen molar-refractivity contribution in [3.63, 3.8) is 0 Å². The number of hydrogen-bond acceptors (Lipinski definition) is 6. The first-order valence-corrected chi connectivity index (χ1v) is 11.0. The van der Waals surface area contributed by atoms with Crippen molar-refractivity contribution in [3.05, 3.63) is 34.7 Å². The molecule has 0 radical (unpaired) electrons. The molecule has 6 nitrogen and oxygen atoms in total. The van der Waals surface area contributed by atoms with Crippen molar-refractivity contribution in [1.82, 2.24) is 9.88 Å². The van der Waals surface area contributed by atoms with E-state index in [2.05, 4.69) is 11.4 Å². The number of nitrogens with one attached hydrogen (secondary N) is 1. The van der Waals surface area contributed by atoms with Crippen LogP contribution in [-0.2, 0) is 22.5 Å². The van der Waals surface area contributed by atoms with Gasteiger partial charge in [-0.25, -0.2) is 9.78 Å². The predicted octanol–water partition coefficient (Wildman–Crippen LogP) is 4.89. The quantitative estimate of drug-likeness (QED) is 0.659. The fourth-order valence-electron chi connectivity index (χ4n) is 3.28. The van der Waals surface area contributed by atoms with E-state index < -0.39 is 0 Å². The molecule has 3 heterocycles. The lowest BCUT2D eigenvalue weighted by Crippen LogP contribution is -2.35. The van der Waals surface area contributed by atoms with Gasteiger partial charge in [-0.05, 0) is 31.0 Å².